The van der Waals surface area contributed by atoms with Gasteiger partial charge in [0, 0.05) is 18.6 Å². The van der Waals surface area contributed by atoms with Crippen molar-refractivity contribution in [3.8, 4) is 0 Å². The molecule has 0 bridgehead atoms. The number of nitrogens with zero attached hydrogens (tertiary/aromatic N) is 1. The minimum Gasteiger partial charge on any atom is -0.391 e. The zero-order valence-corrected chi connectivity index (χ0v) is 10.7. The summed E-state index contributed by atoms with van der Waals surface area (Å²) in [5.41, 5.74) is 0.104. The highest BCUT2D eigenvalue weighted by atomic mass is 16.5. The molecule has 0 aromatic heterocycles. The lowest BCUT2D eigenvalue weighted by molar-refractivity contribution is -0.0793. The Balaban J connectivity index is 1.70. The van der Waals surface area contributed by atoms with E-state index in [4.69, 9.17) is 4.74 Å². The van der Waals surface area contributed by atoms with Gasteiger partial charge in [0.25, 0.3) is 0 Å². The third-order valence-corrected chi connectivity index (χ3v) is 4.98. The Hall–Kier alpha value is -0.120. The molecule has 1 atom stereocenters. The molecule has 0 spiro atoms. The van der Waals surface area contributed by atoms with E-state index in [9.17, 15) is 5.11 Å². The molecule has 1 N–H and O–H groups in total. The molecule has 1 saturated heterocycles. The highest BCUT2D eigenvalue weighted by Crippen LogP contribution is 2.43. The lowest BCUT2D eigenvalue weighted by atomic mass is 9.85. The fourth-order valence-electron chi connectivity index (χ4n) is 3.74. The van der Waals surface area contributed by atoms with Gasteiger partial charge in [-0.15, -0.1) is 0 Å². The Morgan fingerprint density at radius 2 is 1.82 bits per heavy atom. The largest absolute Gasteiger partial charge is 0.391 e. The first-order valence-corrected chi connectivity index (χ1v) is 7.32. The summed E-state index contributed by atoms with van der Waals surface area (Å²) in [4.78, 5) is 2.54. The van der Waals surface area contributed by atoms with Crippen LogP contribution < -0.4 is 0 Å². The molecule has 3 rings (SSSR count). The summed E-state index contributed by atoms with van der Waals surface area (Å²) in [6.07, 6.45) is 8.60. The first-order chi connectivity index (χ1) is 8.31. The predicted octanol–water partition coefficient (Wildman–Crippen LogP) is 1.79. The van der Waals surface area contributed by atoms with Crippen LogP contribution in [-0.2, 0) is 4.74 Å². The topological polar surface area (TPSA) is 32.7 Å². The van der Waals surface area contributed by atoms with Gasteiger partial charge in [-0.2, -0.15) is 0 Å². The van der Waals surface area contributed by atoms with E-state index in [0.717, 1.165) is 38.6 Å². The number of aliphatic hydroxyl groups is 1. The second kappa shape index (κ2) is 4.87. The van der Waals surface area contributed by atoms with Crippen molar-refractivity contribution in [2.24, 2.45) is 5.92 Å². The molecule has 98 valence electrons. The molecule has 1 unspecified atom stereocenters. The molecule has 1 heterocycles. The number of rotatable bonds is 4. The van der Waals surface area contributed by atoms with Crippen LogP contribution in [0.15, 0.2) is 0 Å². The average molecular weight is 239 g/mol. The number of morpholine rings is 1. The Morgan fingerprint density at radius 3 is 2.41 bits per heavy atom. The van der Waals surface area contributed by atoms with E-state index in [1.54, 1.807) is 0 Å². The molecule has 0 aromatic carbocycles. The summed E-state index contributed by atoms with van der Waals surface area (Å²) in [5.74, 6) is 0.823. The second-order valence-corrected chi connectivity index (χ2v) is 6.10. The van der Waals surface area contributed by atoms with E-state index in [2.05, 4.69) is 4.90 Å². The predicted molar refractivity (Wildman–Crippen MR) is 66.9 cm³/mol. The van der Waals surface area contributed by atoms with Crippen LogP contribution in [0, 0.1) is 5.92 Å². The van der Waals surface area contributed by atoms with E-state index in [0.29, 0.717) is 0 Å². The Morgan fingerprint density at radius 1 is 1.18 bits per heavy atom. The molecule has 0 radical (unpaired) electrons. The van der Waals surface area contributed by atoms with Crippen molar-refractivity contribution in [1.82, 2.24) is 4.90 Å². The number of ether oxygens (including phenoxy) is 1. The molecule has 0 aromatic rings. The molecular weight excluding hydrogens is 214 g/mol. The van der Waals surface area contributed by atoms with E-state index in [1.165, 1.54) is 38.5 Å². The normalized spacial score (nSPS) is 31.6. The maximum absolute atomic E-state index is 10.7. The van der Waals surface area contributed by atoms with Gasteiger partial charge in [-0.25, -0.2) is 0 Å². The second-order valence-electron chi connectivity index (χ2n) is 6.10. The molecule has 3 aliphatic rings. The van der Waals surface area contributed by atoms with E-state index >= 15 is 0 Å². The maximum atomic E-state index is 10.7. The Labute approximate surface area is 104 Å². The van der Waals surface area contributed by atoms with E-state index in [1.807, 2.05) is 0 Å². The average Bonchev–Trinajstić information content (AvgIpc) is 3.04. The van der Waals surface area contributed by atoms with Gasteiger partial charge in [-0.1, -0.05) is 25.7 Å². The SMILES string of the molecule is OC(CC1CC1)C1(N2CCOCC2)CCCC1. The molecule has 3 heteroatoms. The molecular formula is C14H25NO2. The fourth-order valence-corrected chi connectivity index (χ4v) is 3.74. The van der Waals surface area contributed by atoms with Crippen LogP contribution in [-0.4, -0.2) is 48.0 Å². The van der Waals surface area contributed by atoms with Crippen molar-refractivity contribution >= 4 is 0 Å². The minimum atomic E-state index is -0.101. The number of aliphatic hydroxyl groups excluding tert-OH is 1. The molecule has 0 amide bonds. The van der Waals surface area contributed by atoms with Crippen molar-refractivity contribution < 1.29 is 9.84 Å². The molecule has 3 fully saturated rings. The third-order valence-electron chi connectivity index (χ3n) is 4.98. The third kappa shape index (κ3) is 2.38. The summed E-state index contributed by atoms with van der Waals surface area (Å²) in [5, 5.41) is 10.7. The van der Waals surface area contributed by atoms with Crippen LogP contribution in [0.1, 0.15) is 44.9 Å². The smallest absolute Gasteiger partial charge is 0.0726 e. The van der Waals surface area contributed by atoms with Crippen LogP contribution in [0.3, 0.4) is 0 Å². The molecule has 1 aliphatic heterocycles. The van der Waals surface area contributed by atoms with Gasteiger partial charge in [0.15, 0.2) is 0 Å². The van der Waals surface area contributed by atoms with Gasteiger partial charge in [0.05, 0.1) is 19.3 Å². The maximum Gasteiger partial charge on any atom is 0.0726 e. The zero-order valence-electron chi connectivity index (χ0n) is 10.7. The van der Waals surface area contributed by atoms with Crippen molar-refractivity contribution in [3.05, 3.63) is 0 Å². The number of hydrogen-bond donors (Lipinski definition) is 1. The van der Waals surface area contributed by atoms with Crippen LogP contribution in [0.2, 0.25) is 0 Å². The summed E-state index contributed by atoms with van der Waals surface area (Å²) in [6, 6.07) is 0. The van der Waals surface area contributed by atoms with Crippen LogP contribution in [0.5, 0.6) is 0 Å². The lowest BCUT2D eigenvalue weighted by Crippen LogP contribution is -2.58. The quantitative estimate of drug-likeness (QED) is 0.812. The molecule has 17 heavy (non-hydrogen) atoms. The van der Waals surface area contributed by atoms with E-state index < -0.39 is 0 Å². The van der Waals surface area contributed by atoms with Gasteiger partial charge < -0.3 is 9.84 Å². The van der Waals surface area contributed by atoms with Crippen molar-refractivity contribution in [2.45, 2.75) is 56.6 Å². The van der Waals surface area contributed by atoms with Crippen LogP contribution in [0.4, 0.5) is 0 Å². The monoisotopic (exact) mass is 239 g/mol. The highest BCUT2D eigenvalue weighted by molar-refractivity contribution is 5.02. The van der Waals surface area contributed by atoms with Gasteiger partial charge in [0.1, 0.15) is 0 Å². The Bertz CT molecular complexity index is 253. The van der Waals surface area contributed by atoms with Gasteiger partial charge in [0.2, 0.25) is 0 Å². The number of hydrogen-bond acceptors (Lipinski definition) is 3. The van der Waals surface area contributed by atoms with Crippen molar-refractivity contribution in [2.75, 3.05) is 26.3 Å². The minimum absolute atomic E-state index is 0.101. The summed E-state index contributed by atoms with van der Waals surface area (Å²) >= 11 is 0. The van der Waals surface area contributed by atoms with Crippen LogP contribution >= 0.6 is 0 Å². The molecule has 3 nitrogen and oxygen atoms in total. The van der Waals surface area contributed by atoms with Crippen LogP contribution in [0.25, 0.3) is 0 Å². The Kier molecular flexibility index (Phi) is 3.42. The van der Waals surface area contributed by atoms with Gasteiger partial charge >= 0.3 is 0 Å². The summed E-state index contributed by atoms with van der Waals surface area (Å²) < 4.78 is 5.45. The molecule has 2 saturated carbocycles. The van der Waals surface area contributed by atoms with Crippen molar-refractivity contribution in [3.63, 3.8) is 0 Å². The first-order valence-electron chi connectivity index (χ1n) is 7.32. The lowest BCUT2D eigenvalue weighted by Gasteiger charge is -2.46. The van der Waals surface area contributed by atoms with Crippen molar-refractivity contribution in [1.29, 1.82) is 0 Å². The highest BCUT2D eigenvalue weighted by Gasteiger charge is 2.46. The van der Waals surface area contributed by atoms with Gasteiger partial charge in [-0.3, -0.25) is 4.90 Å². The summed E-state index contributed by atoms with van der Waals surface area (Å²) in [7, 11) is 0. The zero-order chi connectivity index (χ0) is 11.7. The standard InChI is InChI=1S/C14H25NO2/c16-13(11-12-3-4-12)14(5-1-2-6-14)15-7-9-17-10-8-15/h12-13,16H,1-11H2. The van der Waals surface area contributed by atoms with E-state index in [-0.39, 0.29) is 11.6 Å². The summed E-state index contributed by atoms with van der Waals surface area (Å²) in [6.45, 7) is 3.72. The first kappa shape index (κ1) is 11.9. The van der Waals surface area contributed by atoms with Gasteiger partial charge in [-0.05, 0) is 25.2 Å². The molecule has 2 aliphatic carbocycles. The fraction of sp³-hybridized carbons (Fsp3) is 1.00.